The van der Waals surface area contributed by atoms with Crippen molar-refractivity contribution in [2.75, 3.05) is 0 Å². The molecule has 1 rings (SSSR count). The van der Waals surface area contributed by atoms with Crippen LogP contribution < -0.4 is 0 Å². The van der Waals surface area contributed by atoms with Crippen molar-refractivity contribution in [2.45, 2.75) is 13.3 Å². The van der Waals surface area contributed by atoms with Crippen molar-refractivity contribution in [3.05, 3.63) is 29.8 Å². The van der Waals surface area contributed by atoms with Crippen LogP contribution in [0.15, 0.2) is 24.3 Å². The van der Waals surface area contributed by atoms with Gasteiger partial charge in [0.15, 0.2) is 0 Å². The van der Waals surface area contributed by atoms with Crippen LogP contribution in [0.1, 0.15) is 12.5 Å². The summed E-state index contributed by atoms with van der Waals surface area (Å²) >= 11 is 0. The van der Waals surface area contributed by atoms with Gasteiger partial charge in [-0.15, -0.1) is 0 Å². The number of phenols is 1. The summed E-state index contributed by atoms with van der Waals surface area (Å²) in [6, 6.07) is 7.39. The summed E-state index contributed by atoms with van der Waals surface area (Å²) in [6.45, 7) is 2.02. The minimum atomic E-state index is 0. The second-order valence-corrected chi connectivity index (χ2v) is 1.98. The second kappa shape index (κ2) is 4.44. The Kier molecular flexibility index (Phi) is 4.27. The zero-order valence-electron chi connectivity index (χ0n) is 5.46. The Bertz CT molecular complexity index is 198. The molecule has 0 saturated heterocycles. The maximum absolute atomic E-state index is 9.11. The maximum atomic E-state index is 9.11. The van der Waals surface area contributed by atoms with Gasteiger partial charge >= 0.3 is 18.9 Å². The summed E-state index contributed by atoms with van der Waals surface area (Å²) in [5.41, 5.74) is 1.01. The molecule has 0 bridgehead atoms. The fraction of sp³-hybridized carbons (Fsp3) is 0.250. The van der Waals surface area contributed by atoms with Crippen molar-refractivity contribution < 1.29 is 5.11 Å². The SMILES string of the molecule is CCc1ccccc1O.[LiH]. The van der Waals surface area contributed by atoms with Gasteiger partial charge in [0, 0.05) is 0 Å². The van der Waals surface area contributed by atoms with Gasteiger partial charge in [0.1, 0.15) is 5.75 Å². The van der Waals surface area contributed by atoms with Crippen LogP contribution in [0.4, 0.5) is 0 Å². The summed E-state index contributed by atoms with van der Waals surface area (Å²) in [7, 11) is 0. The van der Waals surface area contributed by atoms with E-state index >= 15 is 0 Å². The van der Waals surface area contributed by atoms with Crippen molar-refractivity contribution in [2.24, 2.45) is 0 Å². The number of phenolic OH excluding ortho intramolecular Hbond substituents is 1. The second-order valence-electron chi connectivity index (χ2n) is 1.98. The van der Waals surface area contributed by atoms with Crippen LogP contribution in [0.2, 0.25) is 0 Å². The van der Waals surface area contributed by atoms with E-state index < -0.39 is 0 Å². The predicted octanol–water partition coefficient (Wildman–Crippen LogP) is 1.31. The third kappa shape index (κ3) is 2.10. The van der Waals surface area contributed by atoms with Gasteiger partial charge in [0.05, 0.1) is 0 Å². The monoisotopic (exact) mass is 130 g/mol. The van der Waals surface area contributed by atoms with Gasteiger partial charge in [-0.3, -0.25) is 0 Å². The summed E-state index contributed by atoms with van der Waals surface area (Å²) in [5, 5.41) is 9.11. The van der Waals surface area contributed by atoms with Crippen molar-refractivity contribution in [1.82, 2.24) is 0 Å². The fourth-order valence-electron chi connectivity index (χ4n) is 0.810. The molecule has 0 saturated carbocycles. The Morgan fingerprint density at radius 1 is 1.30 bits per heavy atom. The first-order valence-electron chi connectivity index (χ1n) is 3.11. The molecule has 1 N–H and O–H groups in total. The molecule has 10 heavy (non-hydrogen) atoms. The van der Waals surface area contributed by atoms with Crippen molar-refractivity contribution in [1.29, 1.82) is 0 Å². The van der Waals surface area contributed by atoms with Gasteiger partial charge < -0.3 is 5.11 Å². The minimum absolute atomic E-state index is 0. The molecule has 0 aromatic heterocycles. The van der Waals surface area contributed by atoms with Crippen LogP contribution in [0.5, 0.6) is 5.75 Å². The molecule has 1 aromatic rings. The molecule has 0 aliphatic heterocycles. The van der Waals surface area contributed by atoms with Gasteiger partial charge in [-0.1, -0.05) is 25.1 Å². The van der Waals surface area contributed by atoms with E-state index in [-0.39, 0.29) is 18.9 Å². The average molecular weight is 130 g/mol. The topological polar surface area (TPSA) is 20.2 Å². The zero-order valence-corrected chi connectivity index (χ0v) is 5.46. The van der Waals surface area contributed by atoms with Gasteiger partial charge in [0.2, 0.25) is 0 Å². The third-order valence-corrected chi connectivity index (χ3v) is 1.37. The first kappa shape index (κ1) is 9.62. The number of para-hydroxylation sites is 1. The standard InChI is InChI=1S/C8H10O.Li.H/c1-2-7-5-3-4-6-8(7)9;;/h3-6,9H,2H2,1H3;;. The molecule has 0 atom stereocenters. The van der Waals surface area contributed by atoms with Gasteiger partial charge in [-0.25, -0.2) is 0 Å². The average Bonchev–Trinajstić information content (AvgIpc) is 1.89. The summed E-state index contributed by atoms with van der Waals surface area (Å²) in [4.78, 5) is 0. The van der Waals surface area contributed by atoms with E-state index in [4.69, 9.17) is 5.11 Å². The summed E-state index contributed by atoms with van der Waals surface area (Å²) in [5.74, 6) is 0.403. The number of aromatic hydroxyl groups is 1. The van der Waals surface area contributed by atoms with Crippen LogP contribution in [0.25, 0.3) is 0 Å². The van der Waals surface area contributed by atoms with Crippen LogP contribution in [0.3, 0.4) is 0 Å². The first-order valence-corrected chi connectivity index (χ1v) is 3.11. The van der Waals surface area contributed by atoms with E-state index in [1.54, 1.807) is 6.07 Å². The van der Waals surface area contributed by atoms with Crippen molar-refractivity contribution in [3.63, 3.8) is 0 Å². The summed E-state index contributed by atoms with van der Waals surface area (Å²) < 4.78 is 0. The van der Waals surface area contributed by atoms with Crippen LogP contribution in [-0.2, 0) is 6.42 Å². The van der Waals surface area contributed by atoms with E-state index in [9.17, 15) is 0 Å². The number of hydrogen-bond donors (Lipinski definition) is 1. The molecule has 50 valence electrons. The molecule has 0 spiro atoms. The number of benzene rings is 1. The molecule has 0 aliphatic rings. The molecule has 1 aromatic carbocycles. The molecule has 0 radical (unpaired) electrons. The zero-order chi connectivity index (χ0) is 6.69. The molecule has 0 unspecified atom stereocenters. The van der Waals surface area contributed by atoms with Crippen LogP contribution >= 0.6 is 0 Å². The number of hydrogen-bond acceptors (Lipinski definition) is 1. The Morgan fingerprint density at radius 3 is 2.30 bits per heavy atom. The quantitative estimate of drug-likeness (QED) is 0.568. The third-order valence-electron chi connectivity index (χ3n) is 1.37. The van der Waals surface area contributed by atoms with E-state index in [0.29, 0.717) is 5.75 Å². The molecule has 0 fully saturated rings. The Hall–Kier alpha value is -0.383. The van der Waals surface area contributed by atoms with Crippen molar-refractivity contribution in [3.8, 4) is 5.75 Å². The van der Waals surface area contributed by atoms with E-state index in [0.717, 1.165) is 12.0 Å². The Balaban J connectivity index is 0.000000810. The molecule has 0 aliphatic carbocycles. The molecule has 0 heterocycles. The first-order chi connectivity index (χ1) is 4.34. The van der Waals surface area contributed by atoms with Crippen LogP contribution in [0, 0.1) is 0 Å². The van der Waals surface area contributed by atoms with Gasteiger partial charge in [-0.2, -0.15) is 0 Å². The number of rotatable bonds is 1. The molecule has 2 heteroatoms. The van der Waals surface area contributed by atoms with E-state index in [1.165, 1.54) is 0 Å². The molecular weight excluding hydrogens is 119 g/mol. The normalized spacial score (nSPS) is 8.50. The van der Waals surface area contributed by atoms with E-state index in [1.807, 2.05) is 25.1 Å². The fourth-order valence-corrected chi connectivity index (χ4v) is 0.810. The van der Waals surface area contributed by atoms with Crippen LogP contribution in [-0.4, -0.2) is 24.0 Å². The molecule has 1 nitrogen and oxygen atoms in total. The Morgan fingerprint density at radius 2 is 1.90 bits per heavy atom. The van der Waals surface area contributed by atoms with Crippen molar-refractivity contribution >= 4 is 18.9 Å². The van der Waals surface area contributed by atoms with E-state index in [2.05, 4.69) is 0 Å². The summed E-state index contributed by atoms with van der Waals surface area (Å²) in [6.07, 6.45) is 0.896. The predicted molar refractivity (Wildman–Crippen MR) is 44.6 cm³/mol. The molecular formula is C8H11LiO. The number of aryl methyl sites for hydroxylation is 1. The molecule has 0 amide bonds. The van der Waals surface area contributed by atoms with Gasteiger partial charge in [0.25, 0.3) is 0 Å². The van der Waals surface area contributed by atoms with Gasteiger partial charge in [-0.05, 0) is 18.1 Å². The Labute approximate surface area is 73.3 Å².